The van der Waals surface area contributed by atoms with Gasteiger partial charge in [-0.05, 0) is 54.6 Å². The van der Waals surface area contributed by atoms with Crippen molar-refractivity contribution in [2.75, 3.05) is 10.0 Å². The fraction of sp³-hybridized carbons (Fsp3) is 0. The Kier molecular flexibility index (Phi) is 5.60. The van der Waals surface area contributed by atoms with Crippen molar-refractivity contribution in [1.82, 2.24) is 0 Å². The van der Waals surface area contributed by atoms with Gasteiger partial charge in [0.25, 0.3) is 21.8 Å². The molecule has 2 amide bonds. The molecule has 0 aliphatic heterocycles. The van der Waals surface area contributed by atoms with Crippen molar-refractivity contribution in [3.05, 3.63) is 89.1 Å². The molecule has 0 saturated heterocycles. The molecule has 0 unspecified atom stereocenters. The van der Waals surface area contributed by atoms with Crippen molar-refractivity contribution in [1.29, 1.82) is 0 Å². The van der Waals surface area contributed by atoms with E-state index < -0.39 is 21.8 Å². The minimum Gasteiger partial charge on any atom is -0.449 e. The molecule has 10 heteroatoms. The largest absolute Gasteiger partial charge is 0.449 e. The minimum atomic E-state index is -3.89. The predicted octanol–water partition coefficient (Wildman–Crippen LogP) is 4.24. The van der Waals surface area contributed by atoms with Crippen molar-refractivity contribution in [2.24, 2.45) is 5.73 Å². The van der Waals surface area contributed by atoms with Gasteiger partial charge in [-0.25, -0.2) is 8.42 Å². The number of para-hydroxylation sites is 1. The summed E-state index contributed by atoms with van der Waals surface area (Å²) < 4.78 is 33.1. The third-order valence-corrected chi connectivity index (χ3v) is 6.21. The van der Waals surface area contributed by atoms with E-state index in [0.717, 1.165) is 0 Å². The third-order valence-electron chi connectivity index (χ3n) is 4.56. The van der Waals surface area contributed by atoms with Crippen LogP contribution in [0.4, 0.5) is 11.4 Å². The van der Waals surface area contributed by atoms with Crippen molar-refractivity contribution >= 4 is 55.8 Å². The lowest BCUT2D eigenvalue weighted by molar-refractivity contribution is 0.0977. The summed E-state index contributed by atoms with van der Waals surface area (Å²) in [4.78, 5) is 24.6. The zero-order chi connectivity index (χ0) is 22.9. The van der Waals surface area contributed by atoms with Crippen molar-refractivity contribution in [3.63, 3.8) is 0 Å². The molecule has 0 fully saturated rings. The SMILES string of the molecule is NC(=O)c1oc2ccccc2c1NC(=O)c1cccc(NS(=O)(=O)c2ccc(Cl)cc2)c1. The number of carbonyl (C=O) groups is 2. The average Bonchev–Trinajstić information content (AvgIpc) is 3.13. The summed E-state index contributed by atoms with van der Waals surface area (Å²) in [6, 6.07) is 18.3. The van der Waals surface area contributed by atoms with Crippen LogP contribution >= 0.6 is 11.6 Å². The molecule has 3 aromatic carbocycles. The highest BCUT2D eigenvalue weighted by atomic mass is 35.5. The second-order valence-corrected chi connectivity index (χ2v) is 8.88. The highest BCUT2D eigenvalue weighted by molar-refractivity contribution is 7.92. The maximum absolute atomic E-state index is 12.9. The van der Waals surface area contributed by atoms with E-state index in [0.29, 0.717) is 16.0 Å². The Hall–Kier alpha value is -3.82. The molecule has 0 bridgehead atoms. The number of carbonyl (C=O) groups excluding carboxylic acids is 2. The number of sulfonamides is 1. The first kappa shape index (κ1) is 21.4. The van der Waals surface area contributed by atoms with Crippen LogP contribution in [0.2, 0.25) is 5.02 Å². The van der Waals surface area contributed by atoms with Gasteiger partial charge in [0.2, 0.25) is 5.76 Å². The first-order valence-electron chi connectivity index (χ1n) is 9.26. The maximum atomic E-state index is 12.9. The van der Waals surface area contributed by atoms with Gasteiger partial charge < -0.3 is 15.5 Å². The number of benzene rings is 3. The standard InChI is InChI=1S/C22H16ClN3O5S/c23-14-8-10-16(11-9-14)32(29,30)26-15-5-3-4-13(12-15)22(28)25-19-17-6-1-2-7-18(17)31-20(19)21(24)27/h1-12,26H,(H2,24,27)(H,25,28). The monoisotopic (exact) mass is 469 g/mol. The maximum Gasteiger partial charge on any atom is 0.286 e. The van der Waals surface area contributed by atoms with Crippen molar-refractivity contribution < 1.29 is 22.4 Å². The van der Waals surface area contributed by atoms with E-state index in [1.807, 2.05) is 0 Å². The number of nitrogens with two attached hydrogens (primary N) is 1. The van der Waals surface area contributed by atoms with E-state index in [4.69, 9.17) is 21.8 Å². The molecule has 0 aliphatic carbocycles. The topological polar surface area (TPSA) is 132 Å². The summed E-state index contributed by atoms with van der Waals surface area (Å²) in [6.45, 7) is 0. The van der Waals surface area contributed by atoms with Crippen LogP contribution in [-0.4, -0.2) is 20.2 Å². The number of rotatable bonds is 6. The van der Waals surface area contributed by atoms with E-state index in [-0.39, 0.29) is 27.6 Å². The first-order valence-corrected chi connectivity index (χ1v) is 11.1. The fourth-order valence-electron chi connectivity index (χ4n) is 3.08. The highest BCUT2D eigenvalue weighted by Crippen LogP contribution is 2.31. The summed E-state index contributed by atoms with van der Waals surface area (Å²) in [7, 11) is -3.89. The van der Waals surface area contributed by atoms with Crippen LogP contribution in [-0.2, 0) is 10.0 Å². The smallest absolute Gasteiger partial charge is 0.286 e. The predicted molar refractivity (Wildman–Crippen MR) is 121 cm³/mol. The molecule has 0 spiro atoms. The molecule has 0 atom stereocenters. The molecule has 1 heterocycles. The van der Waals surface area contributed by atoms with E-state index in [1.165, 1.54) is 48.5 Å². The number of halogens is 1. The summed E-state index contributed by atoms with van der Waals surface area (Å²) in [5, 5.41) is 3.55. The quantitative estimate of drug-likeness (QED) is 0.388. The van der Waals surface area contributed by atoms with Gasteiger partial charge in [0.1, 0.15) is 11.3 Å². The molecule has 4 N–H and O–H groups in total. The Bertz CT molecular complexity index is 1450. The van der Waals surface area contributed by atoms with Crippen LogP contribution in [0.1, 0.15) is 20.9 Å². The lowest BCUT2D eigenvalue weighted by Gasteiger charge is -2.10. The molecule has 0 radical (unpaired) electrons. The summed E-state index contributed by atoms with van der Waals surface area (Å²) in [5.41, 5.74) is 6.25. The second kappa shape index (κ2) is 8.37. The minimum absolute atomic E-state index is 0.0210. The molecule has 0 saturated carbocycles. The van der Waals surface area contributed by atoms with Gasteiger partial charge in [-0.1, -0.05) is 29.8 Å². The van der Waals surface area contributed by atoms with Gasteiger partial charge >= 0.3 is 0 Å². The first-order chi connectivity index (χ1) is 15.2. The molecule has 1 aromatic heterocycles. The molecule has 0 aliphatic rings. The number of hydrogen-bond donors (Lipinski definition) is 3. The van der Waals surface area contributed by atoms with Crippen LogP contribution in [0, 0.1) is 0 Å². The van der Waals surface area contributed by atoms with Gasteiger partial charge in [0.05, 0.1) is 4.90 Å². The Balaban J connectivity index is 1.61. The van der Waals surface area contributed by atoms with E-state index in [2.05, 4.69) is 10.0 Å². The molecule has 32 heavy (non-hydrogen) atoms. The Morgan fingerprint density at radius 1 is 0.938 bits per heavy atom. The van der Waals surface area contributed by atoms with Crippen LogP contribution in [0.15, 0.2) is 82.1 Å². The zero-order valence-electron chi connectivity index (χ0n) is 16.3. The molecular formula is C22H16ClN3O5S. The number of nitrogens with one attached hydrogen (secondary N) is 2. The Labute approximate surface area is 188 Å². The summed E-state index contributed by atoms with van der Waals surface area (Å²) in [5.74, 6) is -1.59. The van der Waals surface area contributed by atoms with E-state index in [1.54, 1.807) is 24.3 Å². The lowest BCUT2D eigenvalue weighted by atomic mass is 10.1. The van der Waals surface area contributed by atoms with Crippen LogP contribution < -0.4 is 15.8 Å². The Morgan fingerprint density at radius 3 is 2.38 bits per heavy atom. The van der Waals surface area contributed by atoms with Gasteiger partial charge in [0.15, 0.2) is 0 Å². The molecular weight excluding hydrogens is 454 g/mol. The normalized spacial score (nSPS) is 11.3. The summed E-state index contributed by atoms with van der Waals surface area (Å²) >= 11 is 5.81. The van der Waals surface area contributed by atoms with E-state index in [9.17, 15) is 18.0 Å². The van der Waals surface area contributed by atoms with Gasteiger partial charge in [0, 0.05) is 21.7 Å². The molecule has 4 aromatic rings. The molecule has 4 rings (SSSR count). The number of fused-ring (bicyclic) bond motifs is 1. The molecule has 162 valence electrons. The van der Waals surface area contributed by atoms with Crippen molar-refractivity contribution in [2.45, 2.75) is 4.90 Å². The highest BCUT2D eigenvalue weighted by Gasteiger charge is 2.21. The van der Waals surface area contributed by atoms with E-state index >= 15 is 0 Å². The number of amides is 2. The van der Waals surface area contributed by atoms with Crippen LogP contribution in [0.3, 0.4) is 0 Å². The number of hydrogen-bond acceptors (Lipinski definition) is 5. The van der Waals surface area contributed by atoms with Crippen molar-refractivity contribution in [3.8, 4) is 0 Å². The summed E-state index contributed by atoms with van der Waals surface area (Å²) in [6.07, 6.45) is 0. The number of primary amides is 1. The van der Waals surface area contributed by atoms with Gasteiger partial charge in [-0.2, -0.15) is 0 Å². The third kappa shape index (κ3) is 4.29. The van der Waals surface area contributed by atoms with Crippen LogP contribution in [0.25, 0.3) is 11.0 Å². The van der Waals surface area contributed by atoms with Crippen LogP contribution in [0.5, 0.6) is 0 Å². The Morgan fingerprint density at radius 2 is 1.66 bits per heavy atom. The van der Waals surface area contributed by atoms with Gasteiger partial charge in [-0.15, -0.1) is 0 Å². The molecule has 8 nitrogen and oxygen atoms in total. The lowest BCUT2D eigenvalue weighted by Crippen LogP contribution is -2.17. The zero-order valence-corrected chi connectivity index (χ0v) is 17.9. The number of anilines is 2. The fourth-order valence-corrected chi connectivity index (χ4v) is 4.26. The number of furan rings is 1. The van der Waals surface area contributed by atoms with Gasteiger partial charge in [-0.3, -0.25) is 14.3 Å². The second-order valence-electron chi connectivity index (χ2n) is 6.76. The average molecular weight is 470 g/mol.